The minimum atomic E-state index is -1.12. The maximum atomic E-state index is 14.4. The van der Waals surface area contributed by atoms with E-state index in [-0.39, 0.29) is 28.9 Å². The van der Waals surface area contributed by atoms with Crippen LogP contribution in [0.15, 0.2) is 53.1 Å². The molecule has 0 amide bonds. The molecule has 0 unspecified atom stereocenters. The zero-order chi connectivity index (χ0) is 22.7. The molecule has 1 aliphatic rings. The van der Waals surface area contributed by atoms with Crippen molar-refractivity contribution < 1.29 is 8.78 Å². The molecule has 1 aliphatic heterocycles. The van der Waals surface area contributed by atoms with Gasteiger partial charge in [-0.1, -0.05) is 6.07 Å². The first-order valence-corrected chi connectivity index (χ1v) is 10.0. The Morgan fingerprint density at radius 2 is 2.12 bits per heavy atom. The van der Waals surface area contributed by atoms with Crippen molar-refractivity contribution in [3.63, 3.8) is 0 Å². The molecule has 9 nitrogen and oxygen atoms in total. The van der Waals surface area contributed by atoms with E-state index in [0.29, 0.717) is 5.56 Å². The number of nitrogens with two attached hydrogens (primary N) is 2. The zero-order valence-corrected chi connectivity index (χ0v) is 17.2. The van der Waals surface area contributed by atoms with Crippen molar-refractivity contribution in [3.05, 3.63) is 60.1 Å². The number of amidine groups is 1. The summed E-state index contributed by atoms with van der Waals surface area (Å²) in [7, 11) is 0. The first-order chi connectivity index (χ1) is 15.5. The van der Waals surface area contributed by atoms with Crippen LogP contribution in [0, 0.1) is 11.6 Å². The molecule has 0 bridgehead atoms. The van der Waals surface area contributed by atoms with Crippen LogP contribution in [0.3, 0.4) is 0 Å². The Morgan fingerprint density at radius 1 is 1.28 bits per heavy atom. The highest BCUT2D eigenvalue weighted by Gasteiger charge is 2.23. The van der Waals surface area contributed by atoms with Crippen LogP contribution in [0.4, 0.5) is 20.3 Å². The highest BCUT2D eigenvalue weighted by atomic mass is 19.2. The Labute approximate surface area is 183 Å². The average molecular weight is 439 g/mol. The third-order valence-corrected chi connectivity index (χ3v) is 5.36. The van der Waals surface area contributed by atoms with Crippen LogP contribution in [0.1, 0.15) is 24.4 Å². The van der Waals surface area contributed by atoms with Crippen molar-refractivity contribution in [2.24, 2.45) is 16.0 Å². The lowest BCUT2D eigenvalue weighted by Crippen LogP contribution is -2.31. The molecule has 0 spiro atoms. The molecule has 166 valence electrons. The lowest BCUT2D eigenvalue weighted by Gasteiger charge is -2.23. The van der Waals surface area contributed by atoms with Gasteiger partial charge in [-0.3, -0.25) is 4.68 Å². The van der Waals surface area contributed by atoms with Gasteiger partial charge in [0.25, 0.3) is 0 Å². The zero-order valence-electron chi connectivity index (χ0n) is 17.2. The summed E-state index contributed by atoms with van der Waals surface area (Å²) in [4.78, 5) is 4.23. The van der Waals surface area contributed by atoms with Crippen molar-refractivity contribution in [2.45, 2.75) is 18.9 Å². The summed E-state index contributed by atoms with van der Waals surface area (Å²) in [5.41, 5.74) is 7.66. The molecule has 1 aromatic carbocycles. The van der Waals surface area contributed by atoms with Gasteiger partial charge in [0.15, 0.2) is 17.5 Å². The third-order valence-electron chi connectivity index (χ3n) is 5.36. The number of piperidine rings is 1. The normalized spacial score (nSPS) is 16.7. The van der Waals surface area contributed by atoms with Gasteiger partial charge in [-0.05, 0) is 37.6 Å². The van der Waals surface area contributed by atoms with E-state index >= 15 is 0 Å². The largest absolute Gasteiger partial charge is 0.383 e. The van der Waals surface area contributed by atoms with Gasteiger partial charge in [-0.2, -0.15) is 15.3 Å². The first kappa shape index (κ1) is 21.4. The minimum Gasteiger partial charge on any atom is -0.383 e. The monoisotopic (exact) mass is 439 g/mol. The highest BCUT2D eigenvalue weighted by molar-refractivity contribution is 6.12. The number of hydrogen-bond donors (Lipinski definition) is 3. The Balaban J connectivity index is 1.70. The molecule has 32 heavy (non-hydrogen) atoms. The first-order valence-electron chi connectivity index (χ1n) is 10.0. The minimum absolute atomic E-state index is 0.0415. The summed E-state index contributed by atoms with van der Waals surface area (Å²) in [5.74, 6) is 3.49. The number of aromatic nitrogens is 3. The number of benzene rings is 1. The second kappa shape index (κ2) is 9.10. The predicted octanol–water partition coefficient (Wildman–Crippen LogP) is 2.47. The number of hydrogen-bond acceptors (Lipinski definition) is 7. The molecule has 1 fully saturated rings. The molecule has 1 atom stereocenters. The highest BCUT2D eigenvalue weighted by Crippen LogP contribution is 2.28. The van der Waals surface area contributed by atoms with Gasteiger partial charge in [0.1, 0.15) is 11.5 Å². The smallest absolute Gasteiger partial charge is 0.184 e. The predicted molar refractivity (Wildman–Crippen MR) is 120 cm³/mol. The fourth-order valence-electron chi connectivity index (χ4n) is 3.71. The fraction of sp³-hybridized carbons (Fsp3) is 0.238. The number of anilines is 2. The molecule has 4 rings (SSSR count). The van der Waals surface area contributed by atoms with Crippen LogP contribution >= 0.6 is 0 Å². The standard InChI is InChI=1S/C21H23F2N9/c1-26-32(18-6-2-5-17(22)19(18)23)21(30-25)16-8-13(9-28-20(16)24)14-10-29-31(12-14)15-4-3-7-27-11-15/h2,5-6,8-10,12,15,27H,1,3-4,7,11,25H2,(H2,24,28)/b30-21-/t15-/m0/s1. The van der Waals surface area contributed by atoms with Gasteiger partial charge in [-0.15, -0.1) is 0 Å². The molecule has 0 radical (unpaired) electrons. The van der Waals surface area contributed by atoms with Crippen molar-refractivity contribution in [3.8, 4) is 11.1 Å². The van der Waals surface area contributed by atoms with Crippen LogP contribution in [0.25, 0.3) is 11.1 Å². The summed E-state index contributed by atoms with van der Waals surface area (Å²) >= 11 is 0. The van der Waals surface area contributed by atoms with Gasteiger partial charge in [0, 0.05) is 36.8 Å². The van der Waals surface area contributed by atoms with E-state index < -0.39 is 11.6 Å². The third kappa shape index (κ3) is 4.02. The molecule has 0 aliphatic carbocycles. The van der Waals surface area contributed by atoms with Crippen LogP contribution in [0.2, 0.25) is 0 Å². The number of hydrazone groups is 2. The number of rotatable bonds is 5. The second-order valence-electron chi connectivity index (χ2n) is 7.34. The van der Waals surface area contributed by atoms with E-state index in [1.54, 1.807) is 18.5 Å². The van der Waals surface area contributed by atoms with Crippen LogP contribution in [-0.4, -0.2) is 40.4 Å². The van der Waals surface area contributed by atoms with Crippen molar-refractivity contribution in [1.29, 1.82) is 0 Å². The quantitative estimate of drug-likeness (QED) is 0.243. The molecule has 0 saturated carbocycles. The summed E-state index contributed by atoms with van der Waals surface area (Å²) in [5, 5.41) is 16.3. The second-order valence-corrected chi connectivity index (χ2v) is 7.34. The van der Waals surface area contributed by atoms with Gasteiger partial charge in [0.05, 0.1) is 17.8 Å². The van der Waals surface area contributed by atoms with E-state index in [4.69, 9.17) is 11.6 Å². The SMILES string of the molecule is C=NN(/C(=N\N)c1cc(-c2cnn([C@H]3CCCNC3)c2)cnc1N)c1cccc(F)c1F. The van der Waals surface area contributed by atoms with E-state index in [2.05, 4.69) is 32.3 Å². The van der Waals surface area contributed by atoms with E-state index in [9.17, 15) is 8.78 Å². The van der Waals surface area contributed by atoms with E-state index in [1.165, 1.54) is 12.1 Å². The summed E-state index contributed by atoms with van der Waals surface area (Å²) in [6, 6.07) is 5.64. The number of halogens is 2. The summed E-state index contributed by atoms with van der Waals surface area (Å²) in [6.07, 6.45) is 7.40. The lowest BCUT2D eigenvalue weighted by atomic mass is 10.1. The summed E-state index contributed by atoms with van der Waals surface area (Å²) in [6.45, 7) is 5.31. The van der Waals surface area contributed by atoms with Crippen molar-refractivity contribution in [2.75, 3.05) is 23.8 Å². The molecule has 11 heteroatoms. The average Bonchev–Trinajstić information content (AvgIpc) is 3.31. The van der Waals surface area contributed by atoms with Crippen LogP contribution in [-0.2, 0) is 0 Å². The maximum Gasteiger partial charge on any atom is 0.184 e. The molecule has 3 aromatic rings. The lowest BCUT2D eigenvalue weighted by molar-refractivity contribution is 0.347. The fourth-order valence-corrected chi connectivity index (χ4v) is 3.71. The summed E-state index contributed by atoms with van der Waals surface area (Å²) < 4.78 is 30.1. The Bertz CT molecular complexity index is 1150. The van der Waals surface area contributed by atoms with Gasteiger partial charge in [0.2, 0.25) is 0 Å². The Hall–Kier alpha value is -3.86. The molecule has 2 aromatic heterocycles. The molecule has 1 saturated heterocycles. The molecular weight excluding hydrogens is 416 g/mol. The molecule has 3 heterocycles. The molecular formula is C21H23F2N9. The van der Waals surface area contributed by atoms with Gasteiger partial charge < -0.3 is 16.9 Å². The number of nitrogen functional groups attached to an aromatic ring is 1. The Kier molecular flexibility index (Phi) is 6.08. The van der Waals surface area contributed by atoms with E-state index in [0.717, 1.165) is 42.6 Å². The number of nitrogens with one attached hydrogen (secondary N) is 1. The van der Waals surface area contributed by atoms with Crippen LogP contribution < -0.4 is 21.9 Å². The topological polar surface area (TPSA) is 123 Å². The van der Waals surface area contributed by atoms with E-state index in [1.807, 2.05) is 10.9 Å². The van der Waals surface area contributed by atoms with Crippen LogP contribution in [0.5, 0.6) is 0 Å². The van der Waals surface area contributed by atoms with Crippen molar-refractivity contribution >= 4 is 24.1 Å². The van der Waals surface area contributed by atoms with Crippen molar-refractivity contribution in [1.82, 2.24) is 20.1 Å². The number of pyridine rings is 1. The number of nitrogens with zero attached hydrogens (tertiary/aromatic N) is 6. The van der Waals surface area contributed by atoms with Gasteiger partial charge in [-0.25, -0.2) is 18.8 Å². The van der Waals surface area contributed by atoms with Gasteiger partial charge >= 0.3 is 0 Å². The molecule has 5 N–H and O–H groups in total. The maximum absolute atomic E-state index is 14.4. The Morgan fingerprint density at radius 3 is 2.84 bits per heavy atom.